The van der Waals surface area contributed by atoms with E-state index in [1.165, 1.54) is 5.56 Å². The minimum absolute atomic E-state index is 0.194. The summed E-state index contributed by atoms with van der Waals surface area (Å²) < 4.78 is 1.83. The Morgan fingerprint density at radius 2 is 2.07 bits per heavy atom. The quantitative estimate of drug-likeness (QED) is 0.817. The molecule has 0 fully saturated rings. The van der Waals surface area contributed by atoms with E-state index in [1.807, 2.05) is 22.9 Å². The molecule has 0 radical (unpaired) electrons. The molecule has 0 spiro atoms. The van der Waals surface area contributed by atoms with Crippen molar-refractivity contribution in [3.05, 3.63) is 48.0 Å². The average Bonchev–Trinajstić information content (AvgIpc) is 2.78. The van der Waals surface area contributed by atoms with Gasteiger partial charge in [0, 0.05) is 0 Å². The molecule has 0 amide bonds. The van der Waals surface area contributed by atoms with Crippen LogP contribution in [0, 0.1) is 0 Å². The van der Waals surface area contributed by atoms with E-state index in [2.05, 4.69) is 29.1 Å². The largest absolute Gasteiger partial charge is 0.324 e. The highest BCUT2D eigenvalue weighted by molar-refractivity contribution is 5.18. The van der Waals surface area contributed by atoms with Crippen molar-refractivity contribution >= 4 is 0 Å². The Morgan fingerprint density at radius 1 is 1.33 bits per heavy atom. The zero-order valence-electron chi connectivity index (χ0n) is 8.67. The Labute approximate surface area is 88.8 Å². The van der Waals surface area contributed by atoms with Gasteiger partial charge in [0.2, 0.25) is 0 Å². The lowest BCUT2D eigenvalue weighted by Crippen LogP contribution is -2.08. The van der Waals surface area contributed by atoms with Crippen LogP contribution in [0.1, 0.15) is 24.4 Å². The first-order valence-corrected chi connectivity index (χ1v) is 4.96. The van der Waals surface area contributed by atoms with Gasteiger partial charge in [-0.05, 0) is 12.5 Å². The number of nitrogens with zero attached hydrogens (tertiary/aromatic N) is 3. The van der Waals surface area contributed by atoms with Crippen molar-refractivity contribution in [3.63, 3.8) is 0 Å². The molecule has 2 N–H and O–H groups in total. The monoisotopic (exact) mass is 202 g/mol. The standard InChI is InChI=1S/C11H14N4/c1-9(10-5-3-2-4-6-10)15-8-13-11(7-12)14-15/h2-6,8-9H,7,12H2,1H3. The van der Waals surface area contributed by atoms with Gasteiger partial charge in [-0.2, -0.15) is 5.10 Å². The maximum absolute atomic E-state index is 5.46. The van der Waals surface area contributed by atoms with Crippen LogP contribution in [-0.2, 0) is 6.54 Å². The lowest BCUT2D eigenvalue weighted by atomic mass is 10.1. The number of benzene rings is 1. The van der Waals surface area contributed by atoms with Gasteiger partial charge in [0.05, 0.1) is 12.6 Å². The van der Waals surface area contributed by atoms with E-state index in [4.69, 9.17) is 5.73 Å². The second-order valence-corrected chi connectivity index (χ2v) is 3.43. The van der Waals surface area contributed by atoms with Crippen LogP contribution in [-0.4, -0.2) is 14.8 Å². The van der Waals surface area contributed by atoms with E-state index in [9.17, 15) is 0 Å². The second kappa shape index (κ2) is 4.23. The molecule has 0 aliphatic heterocycles. The summed E-state index contributed by atoms with van der Waals surface area (Å²) in [5, 5.41) is 4.29. The van der Waals surface area contributed by atoms with Gasteiger partial charge in [0.25, 0.3) is 0 Å². The Hall–Kier alpha value is -1.68. The molecule has 2 aromatic rings. The highest BCUT2D eigenvalue weighted by atomic mass is 15.3. The van der Waals surface area contributed by atoms with Gasteiger partial charge in [0.15, 0.2) is 5.82 Å². The predicted molar refractivity (Wildman–Crippen MR) is 58.2 cm³/mol. The molecule has 0 bridgehead atoms. The van der Waals surface area contributed by atoms with E-state index in [-0.39, 0.29) is 6.04 Å². The van der Waals surface area contributed by atoms with Crippen molar-refractivity contribution in [2.75, 3.05) is 0 Å². The maximum atomic E-state index is 5.46. The van der Waals surface area contributed by atoms with E-state index in [0.29, 0.717) is 12.4 Å². The van der Waals surface area contributed by atoms with Gasteiger partial charge in [-0.3, -0.25) is 0 Å². The molecule has 1 unspecified atom stereocenters. The van der Waals surface area contributed by atoms with Crippen LogP contribution in [0.2, 0.25) is 0 Å². The first kappa shape index (κ1) is 9.86. The van der Waals surface area contributed by atoms with Crippen LogP contribution < -0.4 is 5.73 Å². The van der Waals surface area contributed by atoms with Crippen molar-refractivity contribution in [2.45, 2.75) is 19.5 Å². The van der Waals surface area contributed by atoms with Crippen molar-refractivity contribution in [3.8, 4) is 0 Å². The number of rotatable bonds is 3. The molecule has 15 heavy (non-hydrogen) atoms. The molecule has 1 heterocycles. The number of aromatic nitrogens is 3. The summed E-state index contributed by atoms with van der Waals surface area (Å²) in [7, 11) is 0. The van der Waals surface area contributed by atoms with Crippen LogP contribution in [0.4, 0.5) is 0 Å². The summed E-state index contributed by atoms with van der Waals surface area (Å²) >= 11 is 0. The number of nitrogens with two attached hydrogens (primary N) is 1. The topological polar surface area (TPSA) is 56.7 Å². The SMILES string of the molecule is CC(c1ccccc1)n1cnc(CN)n1. The zero-order chi connectivity index (χ0) is 10.7. The van der Waals surface area contributed by atoms with E-state index in [0.717, 1.165) is 0 Å². The number of hydrogen-bond acceptors (Lipinski definition) is 3. The molecule has 1 aromatic heterocycles. The van der Waals surface area contributed by atoms with Gasteiger partial charge in [0.1, 0.15) is 6.33 Å². The summed E-state index contributed by atoms with van der Waals surface area (Å²) in [6.45, 7) is 2.47. The minimum Gasteiger partial charge on any atom is -0.324 e. The summed E-state index contributed by atoms with van der Waals surface area (Å²) in [5.41, 5.74) is 6.68. The van der Waals surface area contributed by atoms with Crippen LogP contribution in [0.3, 0.4) is 0 Å². The third kappa shape index (κ3) is 2.05. The molecule has 4 nitrogen and oxygen atoms in total. The second-order valence-electron chi connectivity index (χ2n) is 3.43. The molecular formula is C11H14N4. The molecule has 0 aliphatic carbocycles. The van der Waals surface area contributed by atoms with E-state index in [1.54, 1.807) is 6.33 Å². The van der Waals surface area contributed by atoms with Crippen LogP contribution in [0.25, 0.3) is 0 Å². The molecule has 78 valence electrons. The van der Waals surface area contributed by atoms with E-state index < -0.39 is 0 Å². The molecule has 0 saturated heterocycles. The fourth-order valence-electron chi connectivity index (χ4n) is 1.48. The third-order valence-electron chi connectivity index (χ3n) is 2.42. The first-order chi connectivity index (χ1) is 7.31. The highest BCUT2D eigenvalue weighted by Crippen LogP contribution is 2.15. The Bertz CT molecular complexity index is 421. The van der Waals surface area contributed by atoms with Crippen LogP contribution in [0.15, 0.2) is 36.7 Å². The molecule has 2 rings (SSSR count). The molecule has 4 heteroatoms. The number of hydrogen-bond donors (Lipinski definition) is 1. The summed E-state index contributed by atoms with van der Waals surface area (Å²) in [6.07, 6.45) is 1.72. The smallest absolute Gasteiger partial charge is 0.164 e. The van der Waals surface area contributed by atoms with Crippen LogP contribution in [0.5, 0.6) is 0 Å². The Balaban J connectivity index is 2.24. The molecule has 0 saturated carbocycles. The Morgan fingerprint density at radius 3 is 2.67 bits per heavy atom. The van der Waals surface area contributed by atoms with Crippen LogP contribution >= 0.6 is 0 Å². The molecule has 1 atom stereocenters. The third-order valence-corrected chi connectivity index (χ3v) is 2.42. The summed E-state index contributed by atoms with van der Waals surface area (Å²) in [5.74, 6) is 0.679. The van der Waals surface area contributed by atoms with Gasteiger partial charge >= 0.3 is 0 Å². The predicted octanol–water partition coefficient (Wildman–Crippen LogP) is 1.35. The maximum Gasteiger partial charge on any atom is 0.164 e. The minimum atomic E-state index is 0.194. The average molecular weight is 202 g/mol. The Kier molecular flexibility index (Phi) is 2.78. The van der Waals surface area contributed by atoms with Crippen molar-refractivity contribution in [1.82, 2.24) is 14.8 Å². The normalized spacial score (nSPS) is 12.7. The fraction of sp³-hybridized carbons (Fsp3) is 0.273. The van der Waals surface area contributed by atoms with E-state index >= 15 is 0 Å². The molecule has 1 aromatic carbocycles. The van der Waals surface area contributed by atoms with Gasteiger partial charge in [-0.1, -0.05) is 30.3 Å². The lowest BCUT2D eigenvalue weighted by molar-refractivity contribution is 0.557. The molecule has 0 aliphatic rings. The summed E-state index contributed by atoms with van der Waals surface area (Å²) in [6, 6.07) is 10.4. The molecular weight excluding hydrogens is 188 g/mol. The first-order valence-electron chi connectivity index (χ1n) is 4.96. The van der Waals surface area contributed by atoms with Crippen molar-refractivity contribution < 1.29 is 0 Å². The van der Waals surface area contributed by atoms with Gasteiger partial charge in [-0.15, -0.1) is 0 Å². The summed E-state index contributed by atoms with van der Waals surface area (Å²) in [4.78, 5) is 4.11. The van der Waals surface area contributed by atoms with Gasteiger partial charge < -0.3 is 5.73 Å². The fourth-order valence-corrected chi connectivity index (χ4v) is 1.48. The highest BCUT2D eigenvalue weighted by Gasteiger charge is 2.08. The van der Waals surface area contributed by atoms with Gasteiger partial charge in [-0.25, -0.2) is 9.67 Å². The van der Waals surface area contributed by atoms with Crippen molar-refractivity contribution in [1.29, 1.82) is 0 Å². The van der Waals surface area contributed by atoms with Crippen molar-refractivity contribution in [2.24, 2.45) is 5.73 Å². The zero-order valence-corrected chi connectivity index (χ0v) is 8.67. The lowest BCUT2D eigenvalue weighted by Gasteiger charge is -2.11.